The normalized spacial score (nSPS) is 22.3. The molecular formula is C12H14N2O3S. The molecule has 0 aromatic carbocycles. The molecule has 6 heteroatoms. The van der Waals surface area contributed by atoms with E-state index in [1.807, 2.05) is 0 Å². The van der Waals surface area contributed by atoms with E-state index in [0.29, 0.717) is 17.2 Å². The van der Waals surface area contributed by atoms with Gasteiger partial charge in [-0.15, -0.1) is 11.3 Å². The SMILES string of the molecule is O=C(Nc1nc2c(s1)CCCC2C(=O)O)C1CC1. The lowest BCUT2D eigenvalue weighted by atomic mass is 9.91. The lowest BCUT2D eigenvalue weighted by Gasteiger charge is -2.16. The molecular weight excluding hydrogens is 252 g/mol. The average molecular weight is 266 g/mol. The van der Waals surface area contributed by atoms with Crippen LogP contribution in [-0.4, -0.2) is 22.0 Å². The molecule has 1 unspecified atom stereocenters. The van der Waals surface area contributed by atoms with Crippen molar-refractivity contribution in [1.82, 2.24) is 4.98 Å². The van der Waals surface area contributed by atoms with Crippen LogP contribution in [0.15, 0.2) is 0 Å². The van der Waals surface area contributed by atoms with Gasteiger partial charge in [-0.1, -0.05) is 0 Å². The molecule has 1 amide bonds. The number of rotatable bonds is 3. The zero-order valence-corrected chi connectivity index (χ0v) is 10.6. The highest BCUT2D eigenvalue weighted by atomic mass is 32.1. The maximum atomic E-state index is 11.6. The fourth-order valence-electron chi connectivity index (χ4n) is 2.27. The number of aryl methyl sites for hydroxylation is 1. The number of nitrogens with zero attached hydrogens (tertiary/aromatic N) is 1. The number of carboxylic acid groups (broad SMARTS) is 1. The molecule has 5 nitrogen and oxygen atoms in total. The molecule has 1 aromatic heterocycles. The molecule has 2 N–H and O–H groups in total. The predicted octanol–water partition coefficient (Wildman–Crippen LogP) is 2.00. The van der Waals surface area contributed by atoms with Crippen LogP contribution < -0.4 is 5.32 Å². The summed E-state index contributed by atoms with van der Waals surface area (Å²) in [5, 5.41) is 12.5. The maximum Gasteiger partial charge on any atom is 0.312 e. The minimum atomic E-state index is -0.818. The van der Waals surface area contributed by atoms with Crippen molar-refractivity contribution in [2.24, 2.45) is 5.92 Å². The first kappa shape index (κ1) is 11.6. The molecule has 0 spiro atoms. The van der Waals surface area contributed by atoms with Crippen LogP contribution in [0.3, 0.4) is 0 Å². The molecule has 96 valence electrons. The first-order valence-electron chi connectivity index (χ1n) is 6.18. The Labute approximate surface area is 108 Å². The summed E-state index contributed by atoms with van der Waals surface area (Å²) in [6.45, 7) is 0. The van der Waals surface area contributed by atoms with Crippen LogP contribution in [0.2, 0.25) is 0 Å². The van der Waals surface area contributed by atoms with E-state index >= 15 is 0 Å². The molecule has 2 aliphatic rings. The van der Waals surface area contributed by atoms with Gasteiger partial charge in [0.25, 0.3) is 0 Å². The Morgan fingerprint density at radius 2 is 2.11 bits per heavy atom. The lowest BCUT2D eigenvalue weighted by molar-refractivity contribution is -0.139. The predicted molar refractivity (Wildman–Crippen MR) is 66.8 cm³/mol. The number of aliphatic carboxylic acids is 1. The largest absolute Gasteiger partial charge is 0.481 e. The van der Waals surface area contributed by atoms with Crippen molar-refractivity contribution in [3.63, 3.8) is 0 Å². The van der Waals surface area contributed by atoms with Gasteiger partial charge in [0, 0.05) is 10.8 Å². The summed E-state index contributed by atoms with van der Waals surface area (Å²) < 4.78 is 0. The van der Waals surface area contributed by atoms with Crippen molar-refractivity contribution in [3.8, 4) is 0 Å². The van der Waals surface area contributed by atoms with Gasteiger partial charge in [0.15, 0.2) is 5.13 Å². The van der Waals surface area contributed by atoms with Crippen molar-refractivity contribution in [3.05, 3.63) is 10.6 Å². The summed E-state index contributed by atoms with van der Waals surface area (Å²) in [5.41, 5.74) is 0.657. The first-order valence-corrected chi connectivity index (χ1v) is 7.00. The Kier molecular flexibility index (Phi) is 2.81. The monoisotopic (exact) mass is 266 g/mol. The van der Waals surface area contributed by atoms with Crippen molar-refractivity contribution in [2.45, 2.75) is 38.0 Å². The number of carbonyl (C=O) groups excluding carboxylic acids is 1. The van der Waals surface area contributed by atoms with E-state index in [9.17, 15) is 9.59 Å². The van der Waals surface area contributed by atoms with Gasteiger partial charge in [-0.2, -0.15) is 0 Å². The van der Waals surface area contributed by atoms with Gasteiger partial charge in [-0.25, -0.2) is 4.98 Å². The third-order valence-electron chi connectivity index (χ3n) is 3.43. The third kappa shape index (κ3) is 2.12. The van der Waals surface area contributed by atoms with E-state index in [4.69, 9.17) is 5.11 Å². The number of thiazole rings is 1. The van der Waals surface area contributed by atoms with Crippen molar-refractivity contribution in [2.75, 3.05) is 5.32 Å². The van der Waals surface area contributed by atoms with Crippen LogP contribution >= 0.6 is 11.3 Å². The second-order valence-electron chi connectivity index (χ2n) is 4.87. The van der Waals surface area contributed by atoms with Crippen molar-refractivity contribution in [1.29, 1.82) is 0 Å². The summed E-state index contributed by atoms with van der Waals surface area (Å²) in [4.78, 5) is 28.1. The van der Waals surface area contributed by atoms with E-state index in [1.54, 1.807) is 0 Å². The average Bonchev–Trinajstić information content (AvgIpc) is 3.09. The number of carbonyl (C=O) groups is 2. The van der Waals surface area contributed by atoms with E-state index in [-0.39, 0.29) is 11.8 Å². The van der Waals surface area contributed by atoms with E-state index in [1.165, 1.54) is 11.3 Å². The molecule has 0 bridgehead atoms. The van der Waals surface area contributed by atoms with E-state index < -0.39 is 11.9 Å². The fraction of sp³-hybridized carbons (Fsp3) is 0.583. The van der Waals surface area contributed by atoms with Crippen molar-refractivity contribution < 1.29 is 14.7 Å². The number of hydrogen-bond donors (Lipinski definition) is 2. The number of amides is 1. The summed E-state index contributed by atoms with van der Waals surface area (Å²) in [6.07, 6.45) is 4.30. The van der Waals surface area contributed by atoms with Gasteiger partial charge in [0.2, 0.25) is 5.91 Å². The molecule has 1 aromatic rings. The van der Waals surface area contributed by atoms with Gasteiger partial charge in [0.05, 0.1) is 5.69 Å². The van der Waals surface area contributed by atoms with E-state index in [0.717, 1.165) is 30.6 Å². The smallest absolute Gasteiger partial charge is 0.312 e. The Balaban J connectivity index is 1.81. The van der Waals surface area contributed by atoms with Crippen LogP contribution in [0, 0.1) is 5.92 Å². The lowest BCUT2D eigenvalue weighted by Crippen LogP contribution is -2.17. The number of nitrogens with one attached hydrogen (secondary N) is 1. The zero-order chi connectivity index (χ0) is 12.7. The highest BCUT2D eigenvalue weighted by Gasteiger charge is 2.33. The number of hydrogen-bond acceptors (Lipinski definition) is 4. The minimum Gasteiger partial charge on any atom is -0.481 e. The molecule has 2 aliphatic carbocycles. The summed E-state index contributed by atoms with van der Waals surface area (Å²) >= 11 is 1.42. The molecule has 0 radical (unpaired) electrons. The third-order valence-corrected chi connectivity index (χ3v) is 4.48. The molecule has 1 heterocycles. The minimum absolute atomic E-state index is 0.0213. The topological polar surface area (TPSA) is 79.3 Å². The Bertz CT molecular complexity index is 507. The van der Waals surface area contributed by atoms with Gasteiger partial charge < -0.3 is 10.4 Å². The second kappa shape index (κ2) is 4.35. The van der Waals surface area contributed by atoms with Gasteiger partial charge in [-0.05, 0) is 32.1 Å². The number of aromatic nitrogens is 1. The standard InChI is InChI=1S/C12H14N2O3S/c15-10(6-4-5-6)14-12-13-9-7(11(16)17)2-1-3-8(9)18-12/h6-7H,1-5H2,(H,16,17)(H,13,14,15). The number of anilines is 1. The number of fused-ring (bicyclic) bond motifs is 1. The summed E-state index contributed by atoms with van der Waals surface area (Å²) in [7, 11) is 0. The van der Waals surface area contributed by atoms with Crippen LogP contribution in [-0.2, 0) is 16.0 Å². The van der Waals surface area contributed by atoms with Crippen LogP contribution in [0.4, 0.5) is 5.13 Å². The highest BCUT2D eigenvalue weighted by Crippen LogP contribution is 2.37. The van der Waals surface area contributed by atoms with E-state index in [2.05, 4.69) is 10.3 Å². The van der Waals surface area contributed by atoms with Crippen LogP contribution in [0.5, 0.6) is 0 Å². The van der Waals surface area contributed by atoms with Crippen molar-refractivity contribution >= 4 is 28.3 Å². The van der Waals surface area contributed by atoms with Crippen LogP contribution in [0.1, 0.15) is 42.2 Å². The molecule has 0 aliphatic heterocycles. The quantitative estimate of drug-likeness (QED) is 0.877. The van der Waals surface area contributed by atoms with Gasteiger partial charge >= 0.3 is 5.97 Å². The number of carboxylic acids is 1. The zero-order valence-electron chi connectivity index (χ0n) is 9.81. The molecule has 18 heavy (non-hydrogen) atoms. The Morgan fingerprint density at radius 1 is 1.33 bits per heavy atom. The molecule has 1 saturated carbocycles. The van der Waals surface area contributed by atoms with Crippen LogP contribution in [0.25, 0.3) is 0 Å². The molecule has 3 rings (SSSR count). The Hall–Kier alpha value is -1.43. The molecule has 1 fully saturated rings. The second-order valence-corrected chi connectivity index (χ2v) is 5.96. The Morgan fingerprint density at radius 3 is 2.78 bits per heavy atom. The van der Waals surface area contributed by atoms with Gasteiger partial charge in [-0.3, -0.25) is 9.59 Å². The van der Waals surface area contributed by atoms with Gasteiger partial charge in [0.1, 0.15) is 5.92 Å². The first-order chi connectivity index (χ1) is 8.65. The fourth-order valence-corrected chi connectivity index (χ4v) is 3.33. The highest BCUT2D eigenvalue weighted by molar-refractivity contribution is 7.15. The summed E-state index contributed by atoms with van der Waals surface area (Å²) in [5.74, 6) is -1.16. The molecule has 0 saturated heterocycles. The summed E-state index contributed by atoms with van der Waals surface area (Å²) in [6, 6.07) is 0. The molecule has 1 atom stereocenters. The maximum absolute atomic E-state index is 11.6.